The highest BCUT2D eigenvalue weighted by Crippen LogP contribution is 2.33. The van der Waals surface area contributed by atoms with Crippen molar-refractivity contribution in [3.05, 3.63) is 35.8 Å². The van der Waals surface area contributed by atoms with Crippen LogP contribution in [0.2, 0.25) is 0 Å². The summed E-state index contributed by atoms with van der Waals surface area (Å²) in [6.07, 6.45) is 5.27. The zero-order chi connectivity index (χ0) is 13.9. The Balaban J connectivity index is 1.72. The molecule has 1 unspecified atom stereocenters. The van der Waals surface area contributed by atoms with Crippen LogP contribution in [-0.2, 0) is 0 Å². The molecule has 0 amide bonds. The van der Waals surface area contributed by atoms with E-state index in [-0.39, 0.29) is 11.9 Å². The summed E-state index contributed by atoms with van der Waals surface area (Å²) in [5, 5.41) is 1.53. The molecule has 1 atom stereocenters. The van der Waals surface area contributed by atoms with Gasteiger partial charge in [0.2, 0.25) is 0 Å². The molecule has 20 heavy (non-hydrogen) atoms. The van der Waals surface area contributed by atoms with Crippen LogP contribution in [0.25, 0.3) is 11.0 Å². The number of benzene rings is 1. The van der Waals surface area contributed by atoms with Crippen molar-refractivity contribution in [3.63, 3.8) is 0 Å². The molecule has 1 saturated carbocycles. The minimum absolute atomic E-state index is 0.0314. The predicted molar refractivity (Wildman–Crippen MR) is 81.0 cm³/mol. The monoisotopic (exact) mass is 294 g/mol. The molecular formula is C15H19FN2OS. The first-order valence-electron chi connectivity index (χ1n) is 7.03. The van der Waals surface area contributed by atoms with Crippen molar-refractivity contribution in [2.45, 2.75) is 37.0 Å². The van der Waals surface area contributed by atoms with Crippen LogP contribution in [0.3, 0.4) is 0 Å². The Bertz CT molecular complexity index is 580. The van der Waals surface area contributed by atoms with Gasteiger partial charge >= 0.3 is 0 Å². The highest BCUT2D eigenvalue weighted by atomic mass is 32.2. The highest BCUT2D eigenvalue weighted by Gasteiger charge is 2.20. The molecule has 0 spiro atoms. The standard InChI is InChI=1S/C15H19FN2OS/c16-11-5-6-14-10(7-11)8-15(19-14)13(18-17)9-20-12-3-1-2-4-12/h5-8,12-13,18H,1-4,9,17H2. The van der Waals surface area contributed by atoms with Gasteiger partial charge in [-0.1, -0.05) is 12.8 Å². The lowest BCUT2D eigenvalue weighted by atomic mass is 10.2. The van der Waals surface area contributed by atoms with E-state index in [0.717, 1.165) is 22.1 Å². The summed E-state index contributed by atoms with van der Waals surface area (Å²) in [5.41, 5.74) is 3.51. The summed E-state index contributed by atoms with van der Waals surface area (Å²) in [6.45, 7) is 0. The highest BCUT2D eigenvalue weighted by molar-refractivity contribution is 7.99. The molecule has 108 valence electrons. The molecule has 0 radical (unpaired) electrons. The zero-order valence-electron chi connectivity index (χ0n) is 11.3. The second kappa shape index (κ2) is 6.16. The largest absolute Gasteiger partial charge is 0.459 e. The quantitative estimate of drug-likeness (QED) is 0.651. The Morgan fingerprint density at radius 3 is 2.90 bits per heavy atom. The number of hydrogen-bond acceptors (Lipinski definition) is 4. The first-order chi connectivity index (χ1) is 9.76. The van der Waals surface area contributed by atoms with Crippen molar-refractivity contribution in [2.75, 3.05) is 5.75 Å². The van der Waals surface area contributed by atoms with Gasteiger partial charge in [-0.3, -0.25) is 5.84 Å². The summed E-state index contributed by atoms with van der Waals surface area (Å²) in [5.74, 6) is 7.05. The summed E-state index contributed by atoms with van der Waals surface area (Å²) < 4.78 is 19.0. The first kappa shape index (κ1) is 13.9. The third kappa shape index (κ3) is 3.00. The maximum absolute atomic E-state index is 13.2. The fourth-order valence-electron chi connectivity index (χ4n) is 2.71. The molecular weight excluding hydrogens is 275 g/mol. The van der Waals surface area contributed by atoms with E-state index in [1.807, 2.05) is 17.8 Å². The molecule has 2 aromatic rings. The molecule has 3 rings (SSSR count). The van der Waals surface area contributed by atoms with Gasteiger partial charge in [0.25, 0.3) is 0 Å². The second-order valence-electron chi connectivity index (χ2n) is 5.29. The molecule has 1 aliphatic rings. The van der Waals surface area contributed by atoms with Crippen LogP contribution in [0.1, 0.15) is 37.5 Å². The van der Waals surface area contributed by atoms with Crippen LogP contribution in [0.5, 0.6) is 0 Å². The molecule has 1 aromatic heterocycles. The first-order valence-corrected chi connectivity index (χ1v) is 8.08. The van der Waals surface area contributed by atoms with Gasteiger partial charge in [0, 0.05) is 16.4 Å². The van der Waals surface area contributed by atoms with Crippen LogP contribution in [-0.4, -0.2) is 11.0 Å². The number of nitrogens with two attached hydrogens (primary N) is 1. The van der Waals surface area contributed by atoms with Gasteiger partial charge in [-0.05, 0) is 37.1 Å². The number of thioether (sulfide) groups is 1. The average Bonchev–Trinajstić information content (AvgIpc) is 3.08. The second-order valence-corrected chi connectivity index (χ2v) is 6.62. The molecule has 3 N–H and O–H groups in total. The Hall–Kier alpha value is -1.04. The SMILES string of the molecule is NNC(CSC1CCCC1)c1cc2cc(F)ccc2o1. The van der Waals surface area contributed by atoms with E-state index in [0.29, 0.717) is 5.58 Å². The molecule has 5 heteroatoms. The Morgan fingerprint density at radius 1 is 1.35 bits per heavy atom. The summed E-state index contributed by atoms with van der Waals surface area (Å²) in [6, 6.07) is 6.40. The lowest BCUT2D eigenvalue weighted by molar-refractivity contribution is 0.463. The van der Waals surface area contributed by atoms with Crippen molar-refractivity contribution < 1.29 is 8.81 Å². The van der Waals surface area contributed by atoms with Gasteiger partial charge in [0.15, 0.2) is 0 Å². The number of hydrazine groups is 1. The fourth-order valence-corrected chi connectivity index (χ4v) is 4.10. The maximum atomic E-state index is 13.2. The van der Waals surface area contributed by atoms with Gasteiger partial charge in [-0.2, -0.15) is 11.8 Å². The molecule has 0 saturated heterocycles. The number of fused-ring (bicyclic) bond motifs is 1. The number of halogens is 1. The Morgan fingerprint density at radius 2 is 2.15 bits per heavy atom. The topological polar surface area (TPSA) is 51.2 Å². The van der Waals surface area contributed by atoms with E-state index in [2.05, 4.69) is 5.43 Å². The molecule has 3 nitrogen and oxygen atoms in total. The fraction of sp³-hybridized carbons (Fsp3) is 0.467. The molecule has 1 aromatic carbocycles. The summed E-state index contributed by atoms with van der Waals surface area (Å²) in [4.78, 5) is 0. The van der Waals surface area contributed by atoms with Crippen LogP contribution in [0.4, 0.5) is 4.39 Å². The molecule has 1 heterocycles. The van der Waals surface area contributed by atoms with Crippen LogP contribution in [0, 0.1) is 5.82 Å². The Labute approximate surface area is 122 Å². The van der Waals surface area contributed by atoms with Gasteiger partial charge in [0.05, 0.1) is 6.04 Å². The normalized spacial score (nSPS) is 17.9. The van der Waals surface area contributed by atoms with E-state index >= 15 is 0 Å². The molecule has 1 aliphatic carbocycles. The summed E-state index contributed by atoms with van der Waals surface area (Å²) >= 11 is 1.95. The minimum Gasteiger partial charge on any atom is -0.459 e. The van der Waals surface area contributed by atoms with Crippen LogP contribution >= 0.6 is 11.8 Å². The lowest BCUT2D eigenvalue weighted by Crippen LogP contribution is -2.29. The average molecular weight is 294 g/mol. The molecule has 0 aliphatic heterocycles. The van der Waals surface area contributed by atoms with Gasteiger partial charge in [-0.25, -0.2) is 9.82 Å². The van der Waals surface area contributed by atoms with Gasteiger partial charge in [-0.15, -0.1) is 0 Å². The maximum Gasteiger partial charge on any atom is 0.134 e. The van der Waals surface area contributed by atoms with E-state index in [9.17, 15) is 4.39 Å². The van der Waals surface area contributed by atoms with Crippen molar-refractivity contribution in [3.8, 4) is 0 Å². The van der Waals surface area contributed by atoms with Crippen molar-refractivity contribution in [1.82, 2.24) is 5.43 Å². The van der Waals surface area contributed by atoms with Gasteiger partial charge in [0.1, 0.15) is 17.2 Å². The summed E-state index contributed by atoms with van der Waals surface area (Å²) in [7, 11) is 0. The van der Waals surface area contributed by atoms with Crippen LogP contribution < -0.4 is 11.3 Å². The molecule has 1 fully saturated rings. The van der Waals surface area contributed by atoms with Crippen molar-refractivity contribution in [1.29, 1.82) is 0 Å². The van der Waals surface area contributed by atoms with E-state index < -0.39 is 0 Å². The van der Waals surface area contributed by atoms with E-state index in [1.54, 1.807) is 6.07 Å². The molecule has 0 bridgehead atoms. The van der Waals surface area contributed by atoms with Gasteiger partial charge < -0.3 is 4.42 Å². The van der Waals surface area contributed by atoms with Crippen molar-refractivity contribution >= 4 is 22.7 Å². The number of hydrogen-bond donors (Lipinski definition) is 2. The zero-order valence-corrected chi connectivity index (χ0v) is 12.1. The Kier molecular flexibility index (Phi) is 4.29. The predicted octanol–water partition coefficient (Wildman–Crippen LogP) is 3.75. The van der Waals surface area contributed by atoms with Crippen molar-refractivity contribution in [2.24, 2.45) is 5.84 Å². The van der Waals surface area contributed by atoms with Crippen LogP contribution in [0.15, 0.2) is 28.7 Å². The minimum atomic E-state index is -0.248. The number of nitrogens with one attached hydrogen (secondary N) is 1. The van der Waals surface area contributed by atoms with E-state index in [1.165, 1.54) is 37.8 Å². The lowest BCUT2D eigenvalue weighted by Gasteiger charge is -2.15. The smallest absolute Gasteiger partial charge is 0.134 e. The third-order valence-corrected chi connectivity index (χ3v) is 5.31. The third-order valence-electron chi connectivity index (χ3n) is 3.84. The number of furan rings is 1. The number of rotatable bonds is 5. The van der Waals surface area contributed by atoms with E-state index in [4.69, 9.17) is 10.3 Å².